The van der Waals surface area contributed by atoms with Gasteiger partial charge in [0.05, 0.1) is 6.04 Å². The molecular formula is C9H18N2O. The van der Waals surface area contributed by atoms with E-state index in [0.29, 0.717) is 6.04 Å². The monoisotopic (exact) mass is 170 g/mol. The van der Waals surface area contributed by atoms with Gasteiger partial charge in [0.15, 0.2) is 0 Å². The van der Waals surface area contributed by atoms with Crippen LogP contribution in [-0.2, 0) is 4.74 Å². The maximum absolute atomic E-state index is 5.40. The number of unbranched alkanes of at least 4 members (excludes halogenated alkanes) is 1. The molecule has 0 aromatic rings. The zero-order valence-corrected chi connectivity index (χ0v) is 8.21. The quantitative estimate of drug-likeness (QED) is 0.641. The number of nitrogens with zero attached hydrogens (tertiary/aromatic N) is 2. The first-order valence-corrected chi connectivity index (χ1v) is 4.62. The van der Waals surface area contributed by atoms with Gasteiger partial charge >= 0.3 is 0 Å². The van der Waals surface area contributed by atoms with Crippen molar-refractivity contribution in [3.8, 4) is 0 Å². The number of amidine groups is 1. The van der Waals surface area contributed by atoms with Crippen LogP contribution in [0.1, 0.15) is 26.2 Å². The van der Waals surface area contributed by atoms with Crippen LogP contribution in [0.2, 0.25) is 0 Å². The van der Waals surface area contributed by atoms with Crippen molar-refractivity contribution < 1.29 is 4.74 Å². The molecule has 0 N–H and O–H groups in total. The van der Waals surface area contributed by atoms with E-state index < -0.39 is 0 Å². The molecule has 0 aliphatic carbocycles. The van der Waals surface area contributed by atoms with E-state index in [0.717, 1.165) is 19.0 Å². The van der Waals surface area contributed by atoms with Crippen molar-refractivity contribution in [1.82, 2.24) is 4.90 Å². The van der Waals surface area contributed by atoms with E-state index in [1.807, 2.05) is 19.0 Å². The lowest BCUT2D eigenvalue weighted by Crippen LogP contribution is -2.21. The maximum atomic E-state index is 5.40. The van der Waals surface area contributed by atoms with Crippen LogP contribution in [0.3, 0.4) is 0 Å². The zero-order valence-electron chi connectivity index (χ0n) is 8.21. The molecule has 0 aromatic carbocycles. The minimum atomic E-state index is 0.405. The standard InChI is InChI=1S/C9H18N2O/c1-4-5-6-8-7-12-9(10-8)11(2)3/h8H,4-7H2,1-3H3/t8-/m1/s1. The Morgan fingerprint density at radius 1 is 1.58 bits per heavy atom. The number of hydrogen-bond donors (Lipinski definition) is 0. The van der Waals surface area contributed by atoms with Gasteiger partial charge in [-0.05, 0) is 6.42 Å². The second kappa shape index (κ2) is 4.33. The van der Waals surface area contributed by atoms with Gasteiger partial charge in [0.1, 0.15) is 6.61 Å². The Morgan fingerprint density at radius 3 is 2.83 bits per heavy atom. The largest absolute Gasteiger partial charge is 0.463 e. The first-order valence-electron chi connectivity index (χ1n) is 4.62. The van der Waals surface area contributed by atoms with Crippen LogP contribution in [-0.4, -0.2) is 37.7 Å². The summed E-state index contributed by atoms with van der Waals surface area (Å²) >= 11 is 0. The minimum Gasteiger partial charge on any atom is -0.463 e. The van der Waals surface area contributed by atoms with Gasteiger partial charge in [-0.3, -0.25) is 0 Å². The molecule has 0 radical (unpaired) electrons. The van der Waals surface area contributed by atoms with E-state index in [1.54, 1.807) is 0 Å². The Morgan fingerprint density at radius 2 is 2.33 bits per heavy atom. The van der Waals surface area contributed by atoms with Crippen molar-refractivity contribution in [3.05, 3.63) is 0 Å². The molecule has 1 aliphatic rings. The Labute approximate surface area is 74.4 Å². The zero-order chi connectivity index (χ0) is 8.97. The molecule has 0 spiro atoms. The number of ether oxygens (including phenoxy) is 1. The smallest absolute Gasteiger partial charge is 0.287 e. The topological polar surface area (TPSA) is 24.8 Å². The normalized spacial score (nSPS) is 21.9. The third-order valence-electron chi connectivity index (χ3n) is 1.97. The third-order valence-corrected chi connectivity index (χ3v) is 1.97. The van der Waals surface area contributed by atoms with Gasteiger partial charge in [0.25, 0.3) is 6.02 Å². The molecule has 0 fully saturated rings. The van der Waals surface area contributed by atoms with Crippen molar-refractivity contribution >= 4 is 6.02 Å². The van der Waals surface area contributed by atoms with Crippen LogP contribution < -0.4 is 0 Å². The molecule has 1 aliphatic heterocycles. The van der Waals surface area contributed by atoms with Crippen LogP contribution in [0.15, 0.2) is 4.99 Å². The molecule has 70 valence electrons. The summed E-state index contributed by atoms with van der Waals surface area (Å²) in [5.41, 5.74) is 0. The van der Waals surface area contributed by atoms with E-state index in [-0.39, 0.29) is 0 Å². The summed E-state index contributed by atoms with van der Waals surface area (Å²) in [6, 6.07) is 1.19. The molecule has 1 heterocycles. The lowest BCUT2D eigenvalue weighted by Gasteiger charge is -2.09. The average Bonchev–Trinajstić information content (AvgIpc) is 2.48. The summed E-state index contributed by atoms with van der Waals surface area (Å²) in [6.07, 6.45) is 3.65. The maximum Gasteiger partial charge on any atom is 0.287 e. The molecule has 0 saturated carbocycles. The van der Waals surface area contributed by atoms with Crippen molar-refractivity contribution in [2.24, 2.45) is 4.99 Å². The van der Waals surface area contributed by atoms with Crippen molar-refractivity contribution in [1.29, 1.82) is 0 Å². The predicted molar refractivity (Wildman–Crippen MR) is 50.4 cm³/mol. The first kappa shape index (κ1) is 9.36. The minimum absolute atomic E-state index is 0.405. The number of rotatable bonds is 3. The summed E-state index contributed by atoms with van der Waals surface area (Å²) < 4.78 is 5.40. The van der Waals surface area contributed by atoms with Crippen molar-refractivity contribution in [2.75, 3.05) is 20.7 Å². The average molecular weight is 170 g/mol. The van der Waals surface area contributed by atoms with Gasteiger partial charge < -0.3 is 9.64 Å². The molecule has 3 heteroatoms. The second-order valence-electron chi connectivity index (χ2n) is 3.41. The van der Waals surface area contributed by atoms with E-state index >= 15 is 0 Å². The summed E-state index contributed by atoms with van der Waals surface area (Å²) in [7, 11) is 3.92. The highest BCUT2D eigenvalue weighted by molar-refractivity contribution is 5.74. The fourth-order valence-corrected chi connectivity index (χ4v) is 1.23. The van der Waals surface area contributed by atoms with Gasteiger partial charge in [0.2, 0.25) is 0 Å². The van der Waals surface area contributed by atoms with E-state index in [9.17, 15) is 0 Å². The lowest BCUT2D eigenvalue weighted by molar-refractivity contribution is 0.273. The van der Waals surface area contributed by atoms with Crippen molar-refractivity contribution in [2.45, 2.75) is 32.2 Å². The SMILES string of the molecule is CCCC[C@@H]1COC(N(C)C)=N1. The van der Waals surface area contributed by atoms with E-state index in [4.69, 9.17) is 4.74 Å². The highest BCUT2D eigenvalue weighted by Gasteiger charge is 2.18. The summed E-state index contributed by atoms with van der Waals surface area (Å²) in [6.45, 7) is 2.97. The molecule has 0 unspecified atom stereocenters. The number of hydrogen-bond acceptors (Lipinski definition) is 3. The predicted octanol–water partition coefficient (Wildman–Crippen LogP) is 1.49. The molecule has 0 saturated heterocycles. The van der Waals surface area contributed by atoms with E-state index in [2.05, 4.69) is 11.9 Å². The Hall–Kier alpha value is -0.730. The molecule has 1 atom stereocenters. The van der Waals surface area contributed by atoms with Gasteiger partial charge in [-0.1, -0.05) is 19.8 Å². The Kier molecular flexibility index (Phi) is 3.38. The van der Waals surface area contributed by atoms with Crippen LogP contribution in [0.4, 0.5) is 0 Å². The summed E-state index contributed by atoms with van der Waals surface area (Å²) in [5, 5.41) is 0. The molecule has 3 nitrogen and oxygen atoms in total. The first-order chi connectivity index (χ1) is 5.74. The lowest BCUT2D eigenvalue weighted by atomic mass is 10.1. The highest BCUT2D eigenvalue weighted by Crippen LogP contribution is 2.12. The van der Waals surface area contributed by atoms with Gasteiger partial charge in [-0.25, -0.2) is 4.99 Å². The van der Waals surface area contributed by atoms with E-state index in [1.165, 1.54) is 12.8 Å². The van der Waals surface area contributed by atoms with Crippen LogP contribution in [0, 0.1) is 0 Å². The summed E-state index contributed by atoms with van der Waals surface area (Å²) in [4.78, 5) is 6.37. The molecule has 1 rings (SSSR count). The summed E-state index contributed by atoms with van der Waals surface area (Å²) in [5.74, 6) is 0. The van der Waals surface area contributed by atoms with Crippen LogP contribution >= 0.6 is 0 Å². The molecular weight excluding hydrogens is 152 g/mol. The molecule has 0 bridgehead atoms. The number of aliphatic imine (C=N–C) groups is 1. The Balaban J connectivity index is 2.31. The third kappa shape index (κ3) is 2.40. The van der Waals surface area contributed by atoms with Crippen LogP contribution in [0.25, 0.3) is 0 Å². The van der Waals surface area contributed by atoms with Gasteiger partial charge in [-0.2, -0.15) is 0 Å². The van der Waals surface area contributed by atoms with Crippen molar-refractivity contribution in [3.63, 3.8) is 0 Å². The molecule has 0 aromatic heterocycles. The Bertz CT molecular complexity index is 166. The molecule has 12 heavy (non-hydrogen) atoms. The highest BCUT2D eigenvalue weighted by atomic mass is 16.5. The molecule has 0 amide bonds. The van der Waals surface area contributed by atoms with Gasteiger partial charge in [-0.15, -0.1) is 0 Å². The fourth-order valence-electron chi connectivity index (χ4n) is 1.23. The fraction of sp³-hybridized carbons (Fsp3) is 0.889. The van der Waals surface area contributed by atoms with Crippen LogP contribution in [0.5, 0.6) is 0 Å². The van der Waals surface area contributed by atoms with Gasteiger partial charge in [0, 0.05) is 14.1 Å². The second-order valence-corrected chi connectivity index (χ2v) is 3.41.